The molecule has 5 rings (SSSR count). The molecule has 5 unspecified atom stereocenters. The molecule has 5 atom stereocenters. The summed E-state index contributed by atoms with van der Waals surface area (Å²) in [6.07, 6.45) is 3.66. The van der Waals surface area contributed by atoms with E-state index in [1.54, 1.807) is 34.8 Å². The van der Waals surface area contributed by atoms with Gasteiger partial charge in [0.25, 0.3) is 0 Å². The molecule has 2 saturated heterocycles. The number of nitrogens with zero attached hydrogens (tertiary/aromatic N) is 2. The second kappa shape index (κ2) is 13.9. The summed E-state index contributed by atoms with van der Waals surface area (Å²) in [4.78, 5) is 18.1. The van der Waals surface area contributed by atoms with Crippen molar-refractivity contribution in [1.82, 2.24) is 14.6 Å². The van der Waals surface area contributed by atoms with Gasteiger partial charge in [-0.1, -0.05) is 35.9 Å². The Balaban J connectivity index is 1.36. The Morgan fingerprint density at radius 2 is 1.93 bits per heavy atom. The highest BCUT2D eigenvalue weighted by Gasteiger charge is 2.38. The monoisotopic (exact) mass is 643 g/mol. The Labute approximate surface area is 263 Å². The van der Waals surface area contributed by atoms with Gasteiger partial charge in [0.1, 0.15) is 5.82 Å². The summed E-state index contributed by atoms with van der Waals surface area (Å²) in [6, 6.07) is 13.9. The Morgan fingerprint density at radius 3 is 2.64 bits per heavy atom. The lowest BCUT2D eigenvalue weighted by Crippen LogP contribution is -2.57. The number of rotatable bonds is 10. The van der Waals surface area contributed by atoms with Crippen LogP contribution in [0, 0.1) is 5.82 Å². The van der Waals surface area contributed by atoms with E-state index in [0.717, 1.165) is 12.0 Å². The van der Waals surface area contributed by atoms with Gasteiger partial charge in [-0.25, -0.2) is 17.8 Å². The van der Waals surface area contributed by atoms with Gasteiger partial charge in [-0.2, -0.15) is 4.31 Å². The molecular weight excluding hydrogens is 605 g/mol. The van der Waals surface area contributed by atoms with Crippen molar-refractivity contribution in [3.8, 4) is 5.88 Å². The molecule has 4 N–H and O–H groups in total. The number of ether oxygens (including phenoxy) is 1. The van der Waals surface area contributed by atoms with Crippen molar-refractivity contribution in [1.29, 1.82) is 0 Å². The Bertz CT molecular complexity index is 1560. The zero-order valence-electron chi connectivity index (χ0n) is 24.9. The molecule has 0 aliphatic carbocycles. The van der Waals surface area contributed by atoms with Crippen LogP contribution in [-0.4, -0.2) is 66.7 Å². The maximum absolute atomic E-state index is 15.2. The second-order valence-corrected chi connectivity index (χ2v) is 14.2. The molecule has 0 spiro atoms. The number of carbonyl (C=O) groups excluding carboxylic acids is 1. The van der Waals surface area contributed by atoms with Crippen molar-refractivity contribution in [2.75, 3.05) is 24.2 Å². The summed E-state index contributed by atoms with van der Waals surface area (Å²) in [5, 5.41) is 6.84. The van der Waals surface area contributed by atoms with Crippen LogP contribution >= 0.6 is 11.6 Å². The van der Waals surface area contributed by atoms with Crippen molar-refractivity contribution >= 4 is 33.2 Å². The Morgan fingerprint density at radius 1 is 1.18 bits per heavy atom. The van der Waals surface area contributed by atoms with E-state index in [0.29, 0.717) is 53.6 Å². The molecule has 2 bridgehead atoms. The van der Waals surface area contributed by atoms with Crippen LogP contribution in [0.4, 0.5) is 10.1 Å². The van der Waals surface area contributed by atoms with E-state index in [1.807, 2.05) is 32.0 Å². The molecule has 0 saturated carbocycles. The van der Waals surface area contributed by atoms with Crippen LogP contribution in [0.15, 0.2) is 60.8 Å². The fraction of sp³-hybridized carbons (Fsp3) is 0.438. The lowest BCUT2D eigenvalue weighted by Gasteiger charge is -2.37. The normalized spacial score (nSPS) is 22.5. The first-order valence-electron chi connectivity index (χ1n) is 15.0. The first kappa shape index (κ1) is 32.3. The number of hydrogen-bond donors (Lipinski definition) is 3. The van der Waals surface area contributed by atoms with E-state index in [2.05, 4.69) is 15.6 Å². The molecule has 9 nitrogen and oxygen atoms in total. The van der Waals surface area contributed by atoms with E-state index in [-0.39, 0.29) is 30.4 Å². The van der Waals surface area contributed by atoms with Gasteiger partial charge in [-0.3, -0.25) is 4.79 Å². The average molecular weight is 644 g/mol. The minimum absolute atomic E-state index is 0.0473. The van der Waals surface area contributed by atoms with Crippen molar-refractivity contribution in [2.24, 2.45) is 5.73 Å². The number of piperazine rings is 1. The zero-order chi connectivity index (χ0) is 31.4. The fourth-order valence-electron chi connectivity index (χ4n) is 6.02. The fourth-order valence-corrected chi connectivity index (χ4v) is 7.95. The molecule has 2 fully saturated rings. The summed E-state index contributed by atoms with van der Waals surface area (Å²) in [6.45, 7) is 4.74. The third kappa shape index (κ3) is 7.58. The number of nitrogens with two attached hydrogens (primary N) is 1. The van der Waals surface area contributed by atoms with Gasteiger partial charge < -0.3 is 21.1 Å². The number of anilines is 1. The number of fused-ring (bicyclic) bond motifs is 2. The van der Waals surface area contributed by atoms with Crippen LogP contribution in [-0.2, 0) is 21.2 Å². The van der Waals surface area contributed by atoms with Gasteiger partial charge in [0.05, 0.1) is 17.9 Å². The number of carbonyl (C=O) groups is 1. The standard InChI is InChI=1S/C32H39ClFN5O4S/c1-20(2)43-29-15-10-22(17-37-29)30(21-8-11-23(33)12-9-21)31(35)32(40)38-28-7-3-6-27(34)26(28)14-13-25-18-36-24-5-4-16-44(41,42)39(25)19-24/h3,6-12,15,17,20,24-25,30-31,36H,4-5,13-14,16,18-19,35H2,1-2H3,(H,38,40). The summed E-state index contributed by atoms with van der Waals surface area (Å²) < 4.78 is 48.3. The predicted molar refractivity (Wildman–Crippen MR) is 170 cm³/mol. The molecular formula is C32H39ClFN5O4S. The summed E-state index contributed by atoms with van der Waals surface area (Å²) in [5.74, 6) is -0.983. The highest BCUT2D eigenvalue weighted by Crippen LogP contribution is 2.31. The van der Waals surface area contributed by atoms with E-state index >= 15 is 4.39 Å². The first-order chi connectivity index (χ1) is 21.0. The molecule has 12 heteroatoms. The van der Waals surface area contributed by atoms with Gasteiger partial charge in [0, 0.05) is 59.6 Å². The largest absolute Gasteiger partial charge is 0.475 e. The molecule has 1 aromatic heterocycles. The molecule has 1 amide bonds. The van der Waals surface area contributed by atoms with Gasteiger partial charge in [-0.05, 0) is 74.9 Å². The van der Waals surface area contributed by atoms with Crippen molar-refractivity contribution in [3.63, 3.8) is 0 Å². The number of sulfonamides is 1. The zero-order valence-corrected chi connectivity index (χ0v) is 26.5. The number of aromatic nitrogens is 1. The van der Waals surface area contributed by atoms with E-state index in [9.17, 15) is 13.2 Å². The SMILES string of the molecule is CC(C)Oc1ccc(C(c2ccc(Cl)cc2)C(N)C(=O)Nc2cccc(F)c2CCC2CNC3CCCS(=O)(=O)N2C3)cn1. The van der Waals surface area contributed by atoms with Gasteiger partial charge in [-0.15, -0.1) is 0 Å². The molecule has 2 aliphatic heterocycles. The molecule has 0 radical (unpaired) electrons. The van der Waals surface area contributed by atoms with Crippen molar-refractivity contribution in [3.05, 3.63) is 88.3 Å². The lowest BCUT2D eigenvalue weighted by molar-refractivity contribution is -0.117. The number of amides is 1. The van der Waals surface area contributed by atoms with Crippen LogP contribution < -0.4 is 21.1 Å². The van der Waals surface area contributed by atoms with E-state index < -0.39 is 33.7 Å². The number of pyridine rings is 1. The summed E-state index contributed by atoms with van der Waals surface area (Å²) in [7, 11) is -3.38. The van der Waals surface area contributed by atoms with Gasteiger partial charge >= 0.3 is 0 Å². The smallest absolute Gasteiger partial charge is 0.242 e. The van der Waals surface area contributed by atoms with Crippen LogP contribution in [0.5, 0.6) is 5.88 Å². The third-order valence-electron chi connectivity index (χ3n) is 8.23. The molecule has 2 aliphatic rings. The highest BCUT2D eigenvalue weighted by atomic mass is 35.5. The third-order valence-corrected chi connectivity index (χ3v) is 10.5. The second-order valence-electron chi connectivity index (χ2n) is 11.7. The highest BCUT2D eigenvalue weighted by molar-refractivity contribution is 7.89. The van der Waals surface area contributed by atoms with Gasteiger partial charge in [0.15, 0.2) is 0 Å². The number of nitrogens with one attached hydrogen (secondary N) is 2. The number of halogens is 2. The van der Waals surface area contributed by atoms with Crippen LogP contribution in [0.25, 0.3) is 0 Å². The van der Waals surface area contributed by atoms with E-state index in [4.69, 9.17) is 22.1 Å². The molecule has 44 heavy (non-hydrogen) atoms. The molecule has 2 aromatic carbocycles. The minimum atomic E-state index is -3.38. The lowest BCUT2D eigenvalue weighted by atomic mass is 9.85. The van der Waals surface area contributed by atoms with Gasteiger partial charge in [0.2, 0.25) is 21.8 Å². The van der Waals surface area contributed by atoms with Crippen molar-refractivity contribution < 1.29 is 22.3 Å². The van der Waals surface area contributed by atoms with Crippen LogP contribution in [0.2, 0.25) is 5.02 Å². The predicted octanol–water partition coefficient (Wildman–Crippen LogP) is 4.46. The number of benzene rings is 2. The topological polar surface area (TPSA) is 127 Å². The Kier molecular flexibility index (Phi) is 10.2. The maximum Gasteiger partial charge on any atom is 0.242 e. The summed E-state index contributed by atoms with van der Waals surface area (Å²) >= 11 is 6.14. The minimum Gasteiger partial charge on any atom is -0.475 e. The van der Waals surface area contributed by atoms with Crippen LogP contribution in [0.1, 0.15) is 55.7 Å². The average Bonchev–Trinajstić information content (AvgIpc) is 3.10. The molecule has 236 valence electrons. The summed E-state index contributed by atoms with van der Waals surface area (Å²) in [5.41, 5.74) is 8.71. The van der Waals surface area contributed by atoms with E-state index in [1.165, 1.54) is 12.1 Å². The molecule has 3 aromatic rings. The molecule has 3 heterocycles. The Hall–Kier alpha value is -3.09. The quantitative estimate of drug-likeness (QED) is 0.298. The first-order valence-corrected chi connectivity index (χ1v) is 17.0. The van der Waals surface area contributed by atoms with Crippen LogP contribution in [0.3, 0.4) is 0 Å². The van der Waals surface area contributed by atoms with Crippen molar-refractivity contribution in [2.45, 2.75) is 69.7 Å². The number of hydrogen-bond acceptors (Lipinski definition) is 7. The maximum atomic E-state index is 15.2.